The Morgan fingerprint density at radius 3 is 2.49 bits per heavy atom. The van der Waals surface area contributed by atoms with Crippen molar-refractivity contribution in [2.45, 2.75) is 115 Å². The van der Waals surface area contributed by atoms with Crippen molar-refractivity contribution in [3.63, 3.8) is 0 Å². The monoisotopic (exact) mass is 714 g/mol. The van der Waals surface area contributed by atoms with Crippen LogP contribution in [-0.2, 0) is 26.0 Å². The van der Waals surface area contributed by atoms with Gasteiger partial charge < -0.3 is 15.5 Å². The molecule has 0 bridgehead atoms. The van der Waals surface area contributed by atoms with E-state index in [1.165, 1.54) is 35.2 Å². The fourth-order valence-electron chi connectivity index (χ4n) is 11.4. The first kappa shape index (κ1) is 36.0. The number of fused-ring (bicyclic) bond motifs is 6. The fourth-order valence-corrected chi connectivity index (χ4v) is 12.8. The van der Waals surface area contributed by atoms with Crippen LogP contribution < -0.4 is 5.32 Å². The van der Waals surface area contributed by atoms with Crippen LogP contribution in [0.3, 0.4) is 0 Å². The van der Waals surface area contributed by atoms with Crippen LogP contribution in [0.4, 0.5) is 0 Å². The molecule has 7 rings (SSSR count). The number of nitrogens with one attached hydrogen (secondary N) is 1. The maximum atomic E-state index is 13.6. The van der Waals surface area contributed by atoms with Gasteiger partial charge in [0.25, 0.3) is 10.0 Å². The van der Waals surface area contributed by atoms with E-state index in [1.807, 2.05) is 12.1 Å². The highest BCUT2D eigenvalue weighted by Crippen LogP contribution is 2.67. The number of hydrogen-bond acceptors (Lipinski definition) is 5. The predicted octanol–water partition coefficient (Wildman–Crippen LogP) is 7.74. The van der Waals surface area contributed by atoms with Crippen LogP contribution in [0.5, 0.6) is 0 Å². The SMILES string of the molecule is C[C@H](CCC(=O)N[C@H](CC(=O)O)Cc1cn(S(=O)(=O)c2ccccc2)c2ccccc12)[C@H]1CC[C@H]2[C@@H]3CC=C4C[C@@H](O)CC[C@]4(C)[C@H]3CC[C@]12C. The van der Waals surface area contributed by atoms with Gasteiger partial charge in [0.05, 0.1) is 22.9 Å². The van der Waals surface area contributed by atoms with E-state index >= 15 is 0 Å². The van der Waals surface area contributed by atoms with Gasteiger partial charge in [-0.25, -0.2) is 12.4 Å². The van der Waals surface area contributed by atoms with Crippen LogP contribution in [0.1, 0.15) is 97.0 Å². The van der Waals surface area contributed by atoms with Gasteiger partial charge in [-0.2, -0.15) is 0 Å². The number of para-hydroxylation sites is 1. The standard InChI is InChI=1S/C42H54N2O6S/c1-27(35-16-17-36-34-15-14-29-24-31(45)19-21-41(29,2)37(34)20-22-42(35,36)3)13-18-39(46)43-30(25-40(47)48)23-28-26-44(38-12-8-7-11-33(28)38)51(49,50)32-9-5-4-6-10-32/h4-12,14,26-27,30-31,34-37,45H,13,15-25H2,1-3H3,(H,43,46)(H,47,48)/t27-,30+,31+,34+,35-,36+,37+,41+,42-/m1/s1. The minimum absolute atomic E-state index is 0.158. The zero-order valence-corrected chi connectivity index (χ0v) is 31.1. The lowest BCUT2D eigenvalue weighted by Crippen LogP contribution is -2.50. The average molecular weight is 715 g/mol. The topological polar surface area (TPSA) is 126 Å². The molecule has 51 heavy (non-hydrogen) atoms. The lowest BCUT2D eigenvalue weighted by Gasteiger charge is -2.58. The van der Waals surface area contributed by atoms with E-state index in [-0.39, 0.29) is 40.6 Å². The molecule has 4 aliphatic rings. The summed E-state index contributed by atoms with van der Waals surface area (Å²) in [6, 6.07) is 14.8. The molecular weight excluding hydrogens is 661 g/mol. The van der Waals surface area contributed by atoms with Gasteiger partial charge in [0.1, 0.15) is 0 Å². The molecule has 274 valence electrons. The number of nitrogens with zero attached hydrogens (tertiary/aromatic N) is 1. The van der Waals surface area contributed by atoms with Crippen LogP contribution in [0.15, 0.2) is 77.3 Å². The van der Waals surface area contributed by atoms with E-state index < -0.39 is 22.0 Å². The smallest absolute Gasteiger partial charge is 0.305 e. The molecule has 0 unspecified atom stereocenters. The Bertz CT molecular complexity index is 1920. The molecule has 1 heterocycles. The van der Waals surface area contributed by atoms with Crippen LogP contribution >= 0.6 is 0 Å². The Kier molecular flexibility index (Phi) is 9.76. The maximum absolute atomic E-state index is 13.6. The van der Waals surface area contributed by atoms with Crippen molar-refractivity contribution in [1.82, 2.24) is 9.29 Å². The van der Waals surface area contributed by atoms with Gasteiger partial charge in [0.15, 0.2) is 0 Å². The number of aliphatic carboxylic acids is 1. The number of allylic oxidation sites excluding steroid dienone is 1. The molecule has 3 saturated carbocycles. The van der Waals surface area contributed by atoms with Crippen molar-refractivity contribution in [2.75, 3.05) is 0 Å². The van der Waals surface area contributed by atoms with Gasteiger partial charge in [-0.15, -0.1) is 0 Å². The number of aliphatic hydroxyl groups is 1. The average Bonchev–Trinajstić information content (AvgIpc) is 3.66. The summed E-state index contributed by atoms with van der Waals surface area (Å²) < 4.78 is 28.5. The van der Waals surface area contributed by atoms with Gasteiger partial charge in [-0.05, 0) is 128 Å². The van der Waals surface area contributed by atoms with Crippen LogP contribution in [0, 0.1) is 40.4 Å². The number of rotatable bonds is 11. The summed E-state index contributed by atoms with van der Waals surface area (Å²) in [4.78, 5) is 25.6. The molecule has 2 aromatic carbocycles. The number of benzene rings is 2. The zero-order valence-electron chi connectivity index (χ0n) is 30.3. The van der Waals surface area contributed by atoms with E-state index in [2.05, 4.69) is 32.2 Å². The molecular formula is C42H54N2O6S. The molecule has 1 aromatic heterocycles. The molecule has 0 radical (unpaired) electrons. The highest BCUT2D eigenvalue weighted by atomic mass is 32.2. The Morgan fingerprint density at radius 1 is 0.980 bits per heavy atom. The van der Waals surface area contributed by atoms with Crippen molar-refractivity contribution >= 4 is 32.8 Å². The zero-order chi connectivity index (χ0) is 36.1. The molecule has 3 N–H and O–H groups in total. The first-order valence-corrected chi connectivity index (χ1v) is 20.5. The summed E-state index contributed by atoms with van der Waals surface area (Å²) in [6.07, 6.45) is 13.8. The Labute approximate surface area is 302 Å². The van der Waals surface area contributed by atoms with Gasteiger partial charge >= 0.3 is 5.97 Å². The Morgan fingerprint density at radius 2 is 1.73 bits per heavy atom. The molecule has 3 aromatic rings. The Balaban J connectivity index is 1.01. The van der Waals surface area contributed by atoms with E-state index in [4.69, 9.17) is 0 Å². The minimum Gasteiger partial charge on any atom is -0.481 e. The summed E-state index contributed by atoms with van der Waals surface area (Å²) in [7, 11) is -3.88. The van der Waals surface area contributed by atoms with Gasteiger partial charge in [0.2, 0.25) is 5.91 Å². The summed E-state index contributed by atoms with van der Waals surface area (Å²) in [5.41, 5.74) is 3.17. The highest BCUT2D eigenvalue weighted by molar-refractivity contribution is 7.90. The largest absolute Gasteiger partial charge is 0.481 e. The van der Waals surface area contributed by atoms with E-state index in [0.29, 0.717) is 52.5 Å². The van der Waals surface area contributed by atoms with Crippen LogP contribution in [0.25, 0.3) is 10.9 Å². The van der Waals surface area contributed by atoms with Crippen molar-refractivity contribution in [1.29, 1.82) is 0 Å². The van der Waals surface area contributed by atoms with E-state index in [1.54, 1.807) is 48.7 Å². The summed E-state index contributed by atoms with van der Waals surface area (Å²) >= 11 is 0. The van der Waals surface area contributed by atoms with Crippen LogP contribution in [-0.4, -0.2) is 46.6 Å². The van der Waals surface area contributed by atoms with Crippen molar-refractivity contribution in [3.8, 4) is 0 Å². The second-order valence-electron chi connectivity index (χ2n) is 16.8. The van der Waals surface area contributed by atoms with Crippen molar-refractivity contribution in [3.05, 3.63) is 78.0 Å². The summed E-state index contributed by atoms with van der Waals surface area (Å²) in [6.45, 7) is 7.29. The predicted molar refractivity (Wildman–Crippen MR) is 198 cm³/mol. The number of hydrogen-bond donors (Lipinski definition) is 3. The number of carboxylic acids is 1. The van der Waals surface area contributed by atoms with Crippen molar-refractivity contribution < 1.29 is 28.2 Å². The molecule has 8 nitrogen and oxygen atoms in total. The molecule has 4 aliphatic carbocycles. The van der Waals surface area contributed by atoms with E-state index in [0.717, 1.165) is 32.1 Å². The fraction of sp³-hybridized carbons (Fsp3) is 0.571. The number of carbonyl (C=O) groups is 2. The lowest BCUT2D eigenvalue weighted by atomic mass is 9.47. The third-order valence-electron chi connectivity index (χ3n) is 14.0. The van der Waals surface area contributed by atoms with Gasteiger partial charge in [-0.3, -0.25) is 9.59 Å². The second kappa shape index (κ2) is 13.8. The second-order valence-corrected chi connectivity index (χ2v) is 18.6. The molecule has 0 saturated heterocycles. The summed E-state index contributed by atoms with van der Waals surface area (Å²) in [5, 5.41) is 23.9. The van der Waals surface area contributed by atoms with Crippen LogP contribution in [0.2, 0.25) is 0 Å². The molecule has 1 amide bonds. The minimum atomic E-state index is -3.88. The van der Waals surface area contributed by atoms with E-state index in [9.17, 15) is 28.2 Å². The number of carbonyl (C=O) groups excluding carboxylic acids is 1. The first-order chi connectivity index (χ1) is 24.3. The molecule has 0 aliphatic heterocycles. The lowest BCUT2D eigenvalue weighted by molar-refractivity contribution is -0.137. The molecule has 3 fully saturated rings. The number of aliphatic hydroxyl groups excluding tert-OH is 1. The normalized spacial score (nSPS) is 31.5. The maximum Gasteiger partial charge on any atom is 0.305 e. The molecule has 9 heteroatoms. The van der Waals surface area contributed by atoms with Crippen molar-refractivity contribution in [2.24, 2.45) is 40.4 Å². The number of carboxylic acid groups (broad SMARTS) is 1. The molecule has 9 atom stereocenters. The highest BCUT2D eigenvalue weighted by Gasteiger charge is 2.59. The quantitative estimate of drug-likeness (QED) is 0.175. The number of aromatic nitrogens is 1. The number of amides is 1. The molecule has 0 spiro atoms. The first-order valence-electron chi connectivity index (χ1n) is 19.1. The third kappa shape index (κ3) is 6.58. The van der Waals surface area contributed by atoms with Gasteiger partial charge in [-0.1, -0.05) is 68.8 Å². The third-order valence-corrected chi connectivity index (χ3v) is 15.7. The summed E-state index contributed by atoms with van der Waals surface area (Å²) in [5.74, 6) is 1.82. The van der Waals surface area contributed by atoms with Gasteiger partial charge in [0, 0.05) is 24.0 Å². The Hall–Kier alpha value is -3.43.